The molecule has 1 aliphatic rings. The lowest BCUT2D eigenvalue weighted by molar-refractivity contribution is 0.335. The molecule has 0 saturated carbocycles. The van der Waals surface area contributed by atoms with Gasteiger partial charge >= 0.3 is 0 Å². The number of hydrogen-bond donors (Lipinski definition) is 1. The van der Waals surface area contributed by atoms with Crippen molar-refractivity contribution in [2.45, 2.75) is 29.2 Å². The van der Waals surface area contributed by atoms with Gasteiger partial charge in [-0.05, 0) is 50.0 Å². The maximum Gasteiger partial charge on any atom is 0.208 e. The summed E-state index contributed by atoms with van der Waals surface area (Å²) in [6.07, 6.45) is 3.97. The minimum atomic E-state index is -3.60. The first kappa shape index (κ1) is 18.1. The highest BCUT2D eigenvalue weighted by molar-refractivity contribution is 7.91. The number of benzene rings is 2. The average Bonchev–Trinajstić information content (AvgIpc) is 3.09. The van der Waals surface area contributed by atoms with Gasteiger partial charge < -0.3 is 14.6 Å². The maximum atomic E-state index is 13.3. The molecule has 142 valence electrons. The lowest BCUT2D eigenvalue weighted by Crippen LogP contribution is -2.29. The van der Waals surface area contributed by atoms with Crippen molar-refractivity contribution >= 4 is 20.7 Å². The summed E-state index contributed by atoms with van der Waals surface area (Å²) in [5.74, 6) is 1.23. The van der Waals surface area contributed by atoms with Crippen LogP contribution < -0.4 is 10.1 Å². The molecule has 5 nitrogen and oxygen atoms in total. The van der Waals surface area contributed by atoms with Gasteiger partial charge in [0.1, 0.15) is 5.75 Å². The lowest BCUT2D eigenvalue weighted by atomic mass is 9.98. The molecule has 0 bridgehead atoms. The standard InChI is InChI=1S/C21H24N2O3S/c1-26-19-9-5-8-18-20(27(24,25)17-6-3-2-4-7-17)15-23(21(18)19)14-16-10-12-22-13-11-16/h2-9,15-16,22H,10-14H2,1H3. The highest BCUT2D eigenvalue weighted by Crippen LogP contribution is 2.35. The van der Waals surface area contributed by atoms with E-state index in [2.05, 4.69) is 9.88 Å². The van der Waals surface area contributed by atoms with Crippen LogP contribution >= 0.6 is 0 Å². The normalized spacial score (nSPS) is 15.9. The molecular formula is C21H24N2O3S. The van der Waals surface area contributed by atoms with Crippen LogP contribution in [0.5, 0.6) is 5.75 Å². The number of methoxy groups -OCH3 is 1. The highest BCUT2D eigenvalue weighted by Gasteiger charge is 2.26. The monoisotopic (exact) mass is 384 g/mol. The van der Waals surface area contributed by atoms with Crippen LogP contribution in [-0.4, -0.2) is 33.2 Å². The summed E-state index contributed by atoms with van der Waals surface area (Å²) in [5, 5.41) is 4.10. The highest BCUT2D eigenvalue weighted by atomic mass is 32.2. The summed E-state index contributed by atoms with van der Waals surface area (Å²) in [6.45, 7) is 2.81. The Morgan fingerprint density at radius 3 is 2.52 bits per heavy atom. The smallest absolute Gasteiger partial charge is 0.208 e. The first-order valence-electron chi connectivity index (χ1n) is 9.28. The Morgan fingerprint density at radius 1 is 1.07 bits per heavy atom. The Kier molecular flexibility index (Phi) is 4.93. The Morgan fingerprint density at radius 2 is 1.81 bits per heavy atom. The van der Waals surface area contributed by atoms with Crippen molar-refractivity contribution in [3.63, 3.8) is 0 Å². The van der Waals surface area contributed by atoms with Gasteiger partial charge in [0.15, 0.2) is 0 Å². The number of ether oxygens (including phenoxy) is 1. The van der Waals surface area contributed by atoms with Crippen molar-refractivity contribution in [2.24, 2.45) is 5.92 Å². The van der Waals surface area contributed by atoms with Crippen LogP contribution in [0.4, 0.5) is 0 Å². The number of rotatable bonds is 5. The zero-order chi connectivity index (χ0) is 18.9. The molecule has 0 radical (unpaired) electrons. The van der Waals surface area contributed by atoms with Crippen LogP contribution in [0.1, 0.15) is 12.8 Å². The van der Waals surface area contributed by atoms with E-state index in [-0.39, 0.29) is 0 Å². The number of hydrogen-bond acceptors (Lipinski definition) is 4. The molecule has 0 spiro atoms. The molecule has 0 atom stereocenters. The van der Waals surface area contributed by atoms with E-state index in [9.17, 15) is 8.42 Å². The van der Waals surface area contributed by atoms with Crippen LogP contribution in [0.3, 0.4) is 0 Å². The fourth-order valence-corrected chi connectivity index (χ4v) is 5.37. The fraction of sp³-hybridized carbons (Fsp3) is 0.333. The van der Waals surface area contributed by atoms with Gasteiger partial charge in [0.2, 0.25) is 9.84 Å². The molecule has 1 fully saturated rings. The second-order valence-electron chi connectivity index (χ2n) is 7.01. The molecular weight excluding hydrogens is 360 g/mol. The second-order valence-corrected chi connectivity index (χ2v) is 8.93. The van der Waals surface area contributed by atoms with Crippen molar-refractivity contribution < 1.29 is 13.2 Å². The molecule has 2 heterocycles. The molecule has 3 aromatic rings. The number of nitrogens with zero attached hydrogens (tertiary/aromatic N) is 1. The summed E-state index contributed by atoms with van der Waals surface area (Å²) in [7, 11) is -1.97. The van der Waals surface area contributed by atoms with Crippen LogP contribution in [0.2, 0.25) is 0 Å². The third-order valence-electron chi connectivity index (χ3n) is 5.30. The first-order chi connectivity index (χ1) is 13.1. The zero-order valence-corrected chi connectivity index (χ0v) is 16.2. The van der Waals surface area contributed by atoms with E-state index in [4.69, 9.17) is 4.74 Å². The van der Waals surface area contributed by atoms with Gasteiger partial charge in [-0.1, -0.05) is 30.3 Å². The molecule has 27 heavy (non-hydrogen) atoms. The Bertz CT molecular complexity index is 1040. The van der Waals surface area contributed by atoms with E-state index >= 15 is 0 Å². The molecule has 4 rings (SSSR count). The number of piperidine rings is 1. The number of aromatic nitrogens is 1. The molecule has 1 aliphatic heterocycles. The summed E-state index contributed by atoms with van der Waals surface area (Å²) < 4.78 is 34.2. The molecule has 1 N–H and O–H groups in total. The maximum absolute atomic E-state index is 13.3. The van der Waals surface area contributed by atoms with Crippen LogP contribution in [0.25, 0.3) is 10.9 Å². The van der Waals surface area contributed by atoms with E-state index in [1.807, 2.05) is 24.3 Å². The van der Waals surface area contributed by atoms with E-state index in [1.54, 1.807) is 37.6 Å². The molecule has 0 aliphatic carbocycles. The van der Waals surface area contributed by atoms with Gasteiger partial charge in [-0.3, -0.25) is 0 Å². The second kappa shape index (κ2) is 7.37. The van der Waals surface area contributed by atoms with E-state index in [1.165, 1.54) is 0 Å². The topological polar surface area (TPSA) is 60.3 Å². The quantitative estimate of drug-likeness (QED) is 0.732. The number of fused-ring (bicyclic) bond motifs is 1. The Balaban J connectivity index is 1.86. The summed E-state index contributed by atoms with van der Waals surface area (Å²) >= 11 is 0. The molecule has 6 heteroatoms. The summed E-state index contributed by atoms with van der Waals surface area (Å²) in [5.41, 5.74) is 0.855. The predicted molar refractivity (Wildman–Crippen MR) is 106 cm³/mol. The molecule has 0 unspecified atom stereocenters. The van der Waals surface area contributed by atoms with Crippen molar-refractivity contribution in [1.29, 1.82) is 0 Å². The number of para-hydroxylation sites is 1. The first-order valence-corrected chi connectivity index (χ1v) is 10.8. The van der Waals surface area contributed by atoms with Crippen molar-refractivity contribution in [3.8, 4) is 5.75 Å². The molecule has 2 aromatic carbocycles. The minimum Gasteiger partial charge on any atom is -0.495 e. The Hall–Kier alpha value is -2.31. The van der Waals surface area contributed by atoms with Crippen LogP contribution in [-0.2, 0) is 16.4 Å². The van der Waals surface area contributed by atoms with Gasteiger partial charge in [-0.2, -0.15) is 0 Å². The van der Waals surface area contributed by atoms with Crippen molar-refractivity contribution in [2.75, 3.05) is 20.2 Å². The van der Waals surface area contributed by atoms with Gasteiger partial charge in [0.25, 0.3) is 0 Å². The molecule has 0 amide bonds. The predicted octanol–water partition coefficient (Wildman–Crippen LogP) is 3.48. The van der Waals surface area contributed by atoms with Gasteiger partial charge in [-0.25, -0.2) is 8.42 Å². The van der Waals surface area contributed by atoms with E-state index in [0.717, 1.165) is 38.0 Å². The van der Waals surface area contributed by atoms with E-state index in [0.29, 0.717) is 26.8 Å². The molecule has 1 aromatic heterocycles. The van der Waals surface area contributed by atoms with E-state index < -0.39 is 9.84 Å². The number of nitrogens with one attached hydrogen (secondary N) is 1. The van der Waals surface area contributed by atoms with Crippen LogP contribution in [0.15, 0.2) is 64.5 Å². The largest absolute Gasteiger partial charge is 0.495 e. The van der Waals surface area contributed by atoms with Crippen molar-refractivity contribution in [1.82, 2.24) is 9.88 Å². The summed E-state index contributed by atoms with van der Waals surface area (Å²) in [6, 6.07) is 14.2. The van der Waals surface area contributed by atoms with Gasteiger partial charge in [-0.15, -0.1) is 0 Å². The van der Waals surface area contributed by atoms with Crippen LogP contribution in [0, 0.1) is 5.92 Å². The van der Waals surface area contributed by atoms with Gasteiger partial charge in [0.05, 0.1) is 22.4 Å². The van der Waals surface area contributed by atoms with Crippen molar-refractivity contribution in [3.05, 3.63) is 54.7 Å². The fourth-order valence-electron chi connectivity index (χ4n) is 3.88. The average molecular weight is 385 g/mol. The zero-order valence-electron chi connectivity index (χ0n) is 15.4. The van der Waals surface area contributed by atoms with Gasteiger partial charge in [0, 0.05) is 18.1 Å². The summed E-state index contributed by atoms with van der Waals surface area (Å²) in [4.78, 5) is 0.658. The third-order valence-corrected chi connectivity index (χ3v) is 7.10. The third kappa shape index (κ3) is 3.35. The number of sulfone groups is 1. The lowest BCUT2D eigenvalue weighted by Gasteiger charge is -2.23. The SMILES string of the molecule is COc1cccc2c(S(=O)(=O)c3ccccc3)cn(CC3CCNCC3)c12. The Labute approximate surface area is 159 Å². The molecule has 1 saturated heterocycles. The minimum absolute atomic E-state index is 0.314.